The topological polar surface area (TPSA) is 132 Å². The summed E-state index contributed by atoms with van der Waals surface area (Å²) in [6.45, 7) is -0.0756. The summed E-state index contributed by atoms with van der Waals surface area (Å²) in [5.41, 5.74) is 0.817. The van der Waals surface area contributed by atoms with Crippen LogP contribution in [0.5, 0.6) is 5.75 Å². The SMILES string of the molecule is O=C(O)CCCN1C(=O)[C@H]2[C@H](CC=C3[C@H]2C[C@@]2(Cl)C(=O)N(c4ccc(F)cc4)C(=O)[C@@]2(Cl)[C@H]3c2c(O)ccc3ccccc23)C1=O. The standard InChI is InChI=1S/C34H27Cl2FN2O7/c35-33-16-23-21(12-13-22-26(23)30(44)38(29(22)43)15-3-6-25(41)42)28(27-20-5-2-1-4-17(20)7-14-24(27)40)34(33,36)32(46)39(31(33)45)19-10-8-18(37)9-11-19/h1-2,4-5,7-12,14,22-23,26,28,40H,3,6,13,15-16H2,(H,41,42)/t22-,23+,26-,28+,33+,34-/m0/s1. The number of carboxylic acids is 1. The Morgan fingerprint density at radius 2 is 1.65 bits per heavy atom. The summed E-state index contributed by atoms with van der Waals surface area (Å²) in [7, 11) is 0. The number of hydrogen-bond acceptors (Lipinski definition) is 6. The number of likely N-dealkylation sites (tertiary alicyclic amines) is 1. The van der Waals surface area contributed by atoms with E-state index in [1.54, 1.807) is 24.3 Å². The molecule has 6 atom stereocenters. The van der Waals surface area contributed by atoms with Crippen LogP contribution in [-0.4, -0.2) is 61.0 Å². The first-order valence-electron chi connectivity index (χ1n) is 14.9. The maximum Gasteiger partial charge on any atom is 0.303 e. The number of nitrogens with zero attached hydrogens (tertiary/aromatic N) is 2. The molecule has 0 unspecified atom stereocenters. The lowest BCUT2D eigenvalue weighted by molar-refractivity contribution is -0.142. The van der Waals surface area contributed by atoms with Crippen molar-refractivity contribution in [1.29, 1.82) is 0 Å². The number of anilines is 1. The molecular weight excluding hydrogens is 638 g/mol. The third-order valence-electron chi connectivity index (χ3n) is 10.00. The third kappa shape index (κ3) is 4.09. The molecule has 3 fully saturated rings. The molecule has 3 aromatic rings. The number of carboxylic acid groups (broad SMARTS) is 1. The van der Waals surface area contributed by atoms with Crippen LogP contribution in [0.3, 0.4) is 0 Å². The van der Waals surface area contributed by atoms with Gasteiger partial charge in [0.25, 0.3) is 11.8 Å². The number of aromatic hydroxyl groups is 1. The normalized spacial score (nSPS) is 30.4. The van der Waals surface area contributed by atoms with Crippen molar-refractivity contribution in [2.75, 3.05) is 11.4 Å². The van der Waals surface area contributed by atoms with Crippen LogP contribution in [-0.2, 0) is 24.0 Å². The van der Waals surface area contributed by atoms with Crippen LogP contribution in [0, 0.1) is 23.6 Å². The second kappa shape index (κ2) is 10.6. The minimum Gasteiger partial charge on any atom is -0.508 e. The predicted octanol–water partition coefficient (Wildman–Crippen LogP) is 5.11. The van der Waals surface area contributed by atoms with E-state index in [0.29, 0.717) is 11.0 Å². The number of hydrogen-bond donors (Lipinski definition) is 2. The molecule has 2 heterocycles. The van der Waals surface area contributed by atoms with Gasteiger partial charge in [0.2, 0.25) is 11.8 Å². The van der Waals surface area contributed by atoms with E-state index in [9.17, 15) is 33.5 Å². The van der Waals surface area contributed by atoms with Gasteiger partial charge in [-0.15, -0.1) is 23.2 Å². The Kier molecular flexibility index (Phi) is 7.02. The van der Waals surface area contributed by atoms with E-state index >= 15 is 0 Å². The Hall–Kier alpha value is -4.28. The van der Waals surface area contributed by atoms with Crippen molar-refractivity contribution in [2.24, 2.45) is 17.8 Å². The molecule has 4 amide bonds. The fourth-order valence-electron chi connectivity index (χ4n) is 7.98. The number of halogens is 3. The van der Waals surface area contributed by atoms with Crippen molar-refractivity contribution < 1.29 is 38.6 Å². The summed E-state index contributed by atoms with van der Waals surface area (Å²) in [6, 6.07) is 15.0. The van der Waals surface area contributed by atoms with Crippen LogP contribution in [0.15, 0.2) is 72.3 Å². The van der Waals surface area contributed by atoms with Crippen molar-refractivity contribution in [2.45, 2.75) is 41.3 Å². The Bertz CT molecular complexity index is 1900. The van der Waals surface area contributed by atoms with E-state index in [2.05, 4.69) is 0 Å². The van der Waals surface area contributed by atoms with Gasteiger partial charge in [0.05, 0.1) is 17.5 Å². The molecule has 12 heteroatoms. The summed E-state index contributed by atoms with van der Waals surface area (Å²) in [4.78, 5) is 65.1. The molecule has 2 aliphatic heterocycles. The fourth-order valence-corrected chi connectivity index (χ4v) is 8.90. The zero-order valence-corrected chi connectivity index (χ0v) is 25.7. The quantitative estimate of drug-likeness (QED) is 0.213. The molecule has 0 spiro atoms. The molecule has 3 aromatic carbocycles. The van der Waals surface area contributed by atoms with Crippen LogP contribution in [0.2, 0.25) is 0 Å². The number of carbonyl (C=O) groups is 5. The van der Waals surface area contributed by atoms with Crippen LogP contribution >= 0.6 is 23.2 Å². The van der Waals surface area contributed by atoms with Gasteiger partial charge in [0.1, 0.15) is 11.6 Å². The molecule has 46 heavy (non-hydrogen) atoms. The minimum absolute atomic E-state index is 0.0540. The van der Waals surface area contributed by atoms with Gasteiger partial charge >= 0.3 is 5.97 Å². The van der Waals surface area contributed by atoms with Gasteiger partial charge in [-0.3, -0.25) is 28.9 Å². The zero-order valence-electron chi connectivity index (χ0n) is 24.2. The van der Waals surface area contributed by atoms with Crippen molar-refractivity contribution in [3.8, 4) is 5.75 Å². The maximum atomic E-state index is 14.5. The monoisotopic (exact) mass is 664 g/mol. The summed E-state index contributed by atoms with van der Waals surface area (Å²) in [6.07, 6.45) is 1.48. The highest BCUT2D eigenvalue weighted by atomic mass is 35.5. The first-order valence-corrected chi connectivity index (χ1v) is 15.7. The number of aliphatic carboxylic acids is 1. The Morgan fingerprint density at radius 1 is 0.935 bits per heavy atom. The van der Waals surface area contributed by atoms with Gasteiger partial charge in [-0.25, -0.2) is 9.29 Å². The number of alkyl halides is 2. The summed E-state index contributed by atoms with van der Waals surface area (Å²) in [5, 5.41) is 21.8. The van der Waals surface area contributed by atoms with Gasteiger partial charge in [-0.1, -0.05) is 42.0 Å². The van der Waals surface area contributed by atoms with Gasteiger partial charge in [0, 0.05) is 24.4 Å². The van der Waals surface area contributed by atoms with Crippen molar-refractivity contribution >= 4 is 69.3 Å². The largest absolute Gasteiger partial charge is 0.508 e. The Labute approximate surface area is 272 Å². The molecule has 0 aromatic heterocycles. The number of carbonyl (C=O) groups excluding carboxylic acids is 4. The molecule has 1 saturated carbocycles. The van der Waals surface area contributed by atoms with E-state index in [1.807, 2.05) is 12.1 Å². The predicted molar refractivity (Wildman–Crippen MR) is 166 cm³/mol. The molecular formula is C34H27Cl2FN2O7. The average Bonchev–Trinajstić information content (AvgIpc) is 3.36. The van der Waals surface area contributed by atoms with E-state index in [0.717, 1.165) is 27.3 Å². The molecule has 9 nitrogen and oxygen atoms in total. The minimum atomic E-state index is -2.19. The summed E-state index contributed by atoms with van der Waals surface area (Å²) >= 11 is 14.8. The molecule has 236 valence electrons. The number of phenols is 1. The molecule has 2 N–H and O–H groups in total. The molecule has 7 rings (SSSR count). The lowest BCUT2D eigenvalue weighted by atomic mass is 9.56. The van der Waals surface area contributed by atoms with E-state index < -0.39 is 68.8 Å². The fraction of sp³-hybridized carbons (Fsp3) is 0.324. The van der Waals surface area contributed by atoms with Crippen LogP contribution in [0.1, 0.15) is 37.2 Å². The number of phenolic OH excluding ortho intramolecular Hbond substituents is 1. The second-order valence-corrected chi connectivity index (χ2v) is 13.5. The summed E-state index contributed by atoms with van der Waals surface area (Å²) < 4.78 is 13.9. The molecule has 0 radical (unpaired) electrons. The Morgan fingerprint density at radius 3 is 2.37 bits per heavy atom. The molecule has 2 aliphatic carbocycles. The number of rotatable bonds is 6. The molecule has 0 bridgehead atoms. The van der Waals surface area contributed by atoms with E-state index in [1.165, 1.54) is 18.2 Å². The zero-order chi connectivity index (χ0) is 32.7. The van der Waals surface area contributed by atoms with Gasteiger partial charge in [-0.05, 0) is 66.3 Å². The Balaban J connectivity index is 1.42. The number of allylic oxidation sites excluding steroid dienone is 2. The lowest BCUT2D eigenvalue weighted by Crippen LogP contribution is -2.60. The summed E-state index contributed by atoms with van der Waals surface area (Å²) in [5.74, 6) is -8.25. The van der Waals surface area contributed by atoms with Crippen LogP contribution < -0.4 is 4.90 Å². The number of amides is 4. The van der Waals surface area contributed by atoms with Gasteiger partial charge in [-0.2, -0.15) is 0 Å². The number of benzene rings is 3. The van der Waals surface area contributed by atoms with Crippen molar-refractivity contribution in [1.82, 2.24) is 4.90 Å². The van der Waals surface area contributed by atoms with Crippen LogP contribution in [0.4, 0.5) is 10.1 Å². The highest BCUT2D eigenvalue weighted by molar-refractivity contribution is 6.58. The maximum absolute atomic E-state index is 14.5. The van der Waals surface area contributed by atoms with Crippen LogP contribution in [0.25, 0.3) is 10.8 Å². The van der Waals surface area contributed by atoms with Gasteiger partial charge < -0.3 is 10.2 Å². The highest BCUT2D eigenvalue weighted by Crippen LogP contribution is 2.67. The highest BCUT2D eigenvalue weighted by Gasteiger charge is 2.77. The van der Waals surface area contributed by atoms with Gasteiger partial charge in [0.15, 0.2) is 9.75 Å². The first kappa shape index (κ1) is 30.4. The van der Waals surface area contributed by atoms with E-state index in [-0.39, 0.29) is 49.2 Å². The number of imide groups is 2. The van der Waals surface area contributed by atoms with E-state index in [4.69, 9.17) is 28.3 Å². The second-order valence-electron chi connectivity index (χ2n) is 12.3. The van der Waals surface area contributed by atoms with Crippen molar-refractivity contribution in [3.63, 3.8) is 0 Å². The average molecular weight is 666 g/mol. The molecule has 4 aliphatic rings. The number of fused-ring (bicyclic) bond motifs is 5. The van der Waals surface area contributed by atoms with Crippen molar-refractivity contribution in [3.05, 3.63) is 83.7 Å². The first-order chi connectivity index (χ1) is 21.9. The lowest BCUT2D eigenvalue weighted by Gasteiger charge is -2.51. The smallest absolute Gasteiger partial charge is 0.303 e. The molecule has 2 saturated heterocycles. The third-order valence-corrected chi connectivity index (χ3v) is 11.4.